The van der Waals surface area contributed by atoms with Gasteiger partial charge in [-0.1, -0.05) is 48.5 Å². The van der Waals surface area contributed by atoms with Crippen LogP contribution in [0.4, 0.5) is 17.6 Å². The first-order chi connectivity index (χ1) is 20.9. The van der Waals surface area contributed by atoms with Crippen LogP contribution in [0.2, 0.25) is 0 Å². The normalized spacial score (nSPS) is 11.3. The summed E-state index contributed by atoms with van der Waals surface area (Å²) in [5.41, 5.74) is 4.63. The largest absolute Gasteiger partial charge is 0.207 e. The Bertz CT molecular complexity index is 1880. The molecule has 0 radical (unpaired) electrons. The van der Waals surface area contributed by atoms with Crippen LogP contribution in [0.15, 0.2) is 121 Å². The Kier molecular flexibility index (Phi) is 7.31. The van der Waals surface area contributed by atoms with Crippen LogP contribution in [0, 0.1) is 23.3 Å². The minimum atomic E-state index is -0.592. The van der Waals surface area contributed by atoms with E-state index in [4.69, 9.17) is 0 Å². The molecule has 0 spiro atoms. The van der Waals surface area contributed by atoms with Crippen LogP contribution in [0.3, 0.4) is 0 Å². The molecule has 0 N–H and O–H groups in total. The highest BCUT2D eigenvalue weighted by Crippen LogP contribution is 2.43. The van der Waals surface area contributed by atoms with E-state index in [9.17, 15) is 17.6 Å². The number of rotatable bonds is 6. The van der Waals surface area contributed by atoms with E-state index in [2.05, 4.69) is 36.4 Å². The molecule has 0 fully saturated rings. The zero-order chi connectivity index (χ0) is 29.5. The predicted molar refractivity (Wildman–Crippen MR) is 173 cm³/mol. The topological polar surface area (TPSA) is 0 Å². The molecule has 3 aromatic heterocycles. The summed E-state index contributed by atoms with van der Waals surface area (Å²) in [6.07, 6.45) is 0. The van der Waals surface area contributed by atoms with E-state index in [1.165, 1.54) is 43.8 Å². The maximum absolute atomic E-state index is 13.6. The van der Waals surface area contributed by atoms with E-state index in [1.54, 1.807) is 34.0 Å². The first kappa shape index (κ1) is 27.5. The van der Waals surface area contributed by atoms with Crippen molar-refractivity contribution in [1.29, 1.82) is 0 Å². The second-order valence-corrected chi connectivity index (χ2v) is 13.2. The number of thiophene rings is 3. The van der Waals surface area contributed by atoms with Crippen molar-refractivity contribution >= 4 is 34.0 Å². The third kappa shape index (κ3) is 5.84. The molecule has 0 aliphatic carbocycles. The molecule has 0 nitrogen and oxygen atoms in total. The van der Waals surface area contributed by atoms with E-state index in [0.29, 0.717) is 11.1 Å². The van der Waals surface area contributed by atoms with E-state index >= 15 is 0 Å². The van der Waals surface area contributed by atoms with Crippen molar-refractivity contribution in [2.24, 2.45) is 0 Å². The lowest BCUT2D eigenvalue weighted by atomic mass is 10.0. The molecule has 210 valence electrons. The van der Waals surface area contributed by atoms with E-state index in [0.717, 1.165) is 44.1 Å². The summed E-state index contributed by atoms with van der Waals surface area (Å²) in [7, 11) is 0. The average Bonchev–Trinajstić information content (AvgIpc) is 3.77. The number of hydrogen-bond acceptors (Lipinski definition) is 3. The molecular weight excluding hydrogens is 605 g/mol. The van der Waals surface area contributed by atoms with Crippen LogP contribution in [0.1, 0.15) is 0 Å². The van der Waals surface area contributed by atoms with Crippen LogP contribution in [-0.2, 0) is 0 Å². The van der Waals surface area contributed by atoms with Gasteiger partial charge in [0.05, 0.1) is 0 Å². The highest BCUT2D eigenvalue weighted by atomic mass is 32.1. The van der Waals surface area contributed by atoms with E-state index < -0.39 is 23.3 Å². The van der Waals surface area contributed by atoms with Crippen molar-refractivity contribution in [1.82, 2.24) is 0 Å². The van der Waals surface area contributed by atoms with Gasteiger partial charge in [0.15, 0.2) is 0 Å². The SMILES string of the molecule is Fc1cc(F)cc(-c2ccc(-c3ccc(-c4ccc(-c5ccc(-c6ccc(-c7cc(F)cc(F)c7)cc6)s5)s4)s3)cc2)c1. The molecule has 43 heavy (non-hydrogen) atoms. The lowest BCUT2D eigenvalue weighted by Crippen LogP contribution is -1.84. The second kappa shape index (κ2) is 11.4. The van der Waals surface area contributed by atoms with Gasteiger partial charge in [-0.15, -0.1) is 34.0 Å². The van der Waals surface area contributed by atoms with E-state index in [1.807, 2.05) is 48.5 Å². The molecule has 0 unspecified atom stereocenters. The number of hydrogen-bond donors (Lipinski definition) is 0. The Morgan fingerprint density at radius 1 is 0.256 bits per heavy atom. The third-order valence-electron chi connectivity index (χ3n) is 7.03. The van der Waals surface area contributed by atoms with E-state index in [-0.39, 0.29) is 0 Å². The predicted octanol–water partition coefficient (Wildman–Crippen LogP) is 12.4. The molecule has 0 amide bonds. The molecule has 0 aliphatic heterocycles. The Hall–Kier alpha value is -4.30. The molecule has 7 heteroatoms. The minimum absolute atomic E-state index is 0.510. The fourth-order valence-corrected chi connectivity index (χ4v) is 8.16. The molecule has 7 aromatic rings. The first-order valence-corrected chi connectivity index (χ1v) is 15.8. The second-order valence-electron chi connectivity index (χ2n) is 9.96. The summed E-state index contributed by atoms with van der Waals surface area (Å²) in [5.74, 6) is -2.37. The molecule has 0 bridgehead atoms. The summed E-state index contributed by atoms with van der Waals surface area (Å²) in [4.78, 5) is 6.93. The van der Waals surface area contributed by atoms with Crippen molar-refractivity contribution in [3.63, 3.8) is 0 Å². The Morgan fingerprint density at radius 3 is 0.837 bits per heavy atom. The molecule has 0 saturated carbocycles. The van der Waals surface area contributed by atoms with Crippen molar-refractivity contribution < 1.29 is 17.6 Å². The monoisotopic (exact) mass is 624 g/mol. The summed E-state index contributed by atoms with van der Waals surface area (Å²) >= 11 is 5.15. The summed E-state index contributed by atoms with van der Waals surface area (Å²) in [5, 5.41) is 0. The first-order valence-electron chi connectivity index (χ1n) is 13.3. The summed E-state index contributed by atoms with van der Waals surface area (Å²) < 4.78 is 54.6. The maximum atomic E-state index is 13.6. The average molecular weight is 625 g/mol. The smallest absolute Gasteiger partial charge is 0.126 e. The van der Waals surface area contributed by atoms with Gasteiger partial charge in [0.25, 0.3) is 0 Å². The minimum Gasteiger partial charge on any atom is -0.207 e. The van der Waals surface area contributed by atoms with Crippen LogP contribution in [0.5, 0.6) is 0 Å². The fraction of sp³-hybridized carbons (Fsp3) is 0. The Balaban J connectivity index is 1.07. The van der Waals surface area contributed by atoms with Crippen molar-refractivity contribution in [2.45, 2.75) is 0 Å². The lowest BCUT2D eigenvalue weighted by molar-refractivity contribution is 0.583. The molecule has 0 atom stereocenters. The Labute approximate surface area is 257 Å². The maximum Gasteiger partial charge on any atom is 0.126 e. The zero-order valence-electron chi connectivity index (χ0n) is 22.3. The van der Waals surface area contributed by atoms with Gasteiger partial charge in [0.1, 0.15) is 23.3 Å². The quantitative estimate of drug-likeness (QED) is 0.162. The molecule has 3 heterocycles. The van der Waals surface area contributed by atoms with Crippen LogP contribution in [0.25, 0.3) is 62.6 Å². The standard InChI is InChI=1S/C36H20F4S3/c37-27-15-25(16-28(38)19-27)21-1-5-23(6-2-21)31-9-11-33(41-31)35-13-14-36(43-35)34-12-10-32(42-34)24-7-3-22(4-8-24)26-17-29(39)20-30(40)18-26/h1-20H. The fourth-order valence-electron chi connectivity index (χ4n) is 4.95. The molecule has 0 saturated heterocycles. The summed E-state index contributed by atoms with van der Waals surface area (Å²) in [6.45, 7) is 0. The van der Waals surface area contributed by atoms with Crippen molar-refractivity contribution in [2.75, 3.05) is 0 Å². The molecule has 0 aliphatic rings. The van der Waals surface area contributed by atoms with Crippen LogP contribution >= 0.6 is 34.0 Å². The zero-order valence-corrected chi connectivity index (χ0v) is 24.7. The van der Waals surface area contributed by atoms with Crippen LogP contribution in [-0.4, -0.2) is 0 Å². The summed E-state index contributed by atoms with van der Waals surface area (Å²) in [6, 6.07) is 35.3. The molecule has 7 rings (SSSR count). The van der Waals surface area contributed by atoms with Gasteiger partial charge in [0, 0.05) is 41.4 Å². The highest BCUT2D eigenvalue weighted by Gasteiger charge is 2.12. The van der Waals surface area contributed by atoms with Crippen LogP contribution < -0.4 is 0 Å². The lowest BCUT2D eigenvalue weighted by Gasteiger charge is -2.04. The number of halogens is 4. The molecule has 4 aromatic carbocycles. The van der Waals surface area contributed by atoms with Gasteiger partial charge in [-0.3, -0.25) is 0 Å². The highest BCUT2D eigenvalue weighted by molar-refractivity contribution is 7.27. The van der Waals surface area contributed by atoms with Gasteiger partial charge in [-0.05, 0) is 94.0 Å². The van der Waals surface area contributed by atoms with Crippen molar-refractivity contribution in [3.8, 4) is 62.6 Å². The van der Waals surface area contributed by atoms with Gasteiger partial charge < -0.3 is 0 Å². The van der Waals surface area contributed by atoms with Gasteiger partial charge in [-0.2, -0.15) is 0 Å². The third-order valence-corrected chi connectivity index (χ3v) is 10.8. The Morgan fingerprint density at radius 2 is 0.512 bits per heavy atom. The van der Waals surface area contributed by atoms with Gasteiger partial charge in [0.2, 0.25) is 0 Å². The van der Waals surface area contributed by atoms with Gasteiger partial charge in [-0.25, -0.2) is 17.6 Å². The van der Waals surface area contributed by atoms with Crippen molar-refractivity contribution in [3.05, 3.63) is 145 Å². The van der Waals surface area contributed by atoms with Gasteiger partial charge >= 0.3 is 0 Å². The molecular formula is C36H20F4S3. The number of benzene rings is 4.